The molecular weight excluding hydrogens is 436 g/mol. The highest BCUT2D eigenvalue weighted by molar-refractivity contribution is 8.00. The van der Waals surface area contributed by atoms with Crippen molar-refractivity contribution < 1.29 is 4.79 Å². The van der Waals surface area contributed by atoms with E-state index in [1.807, 2.05) is 24.3 Å². The van der Waals surface area contributed by atoms with Crippen molar-refractivity contribution in [1.82, 2.24) is 20.2 Å². The molecule has 3 heterocycles. The number of amides is 1. The van der Waals surface area contributed by atoms with E-state index in [2.05, 4.69) is 62.0 Å². The van der Waals surface area contributed by atoms with E-state index >= 15 is 0 Å². The molecule has 1 amide bonds. The Morgan fingerprint density at radius 1 is 1.09 bits per heavy atom. The summed E-state index contributed by atoms with van der Waals surface area (Å²) in [5.41, 5.74) is 3.58. The van der Waals surface area contributed by atoms with Gasteiger partial charge in [-0.05, 0) is 17.5 Å². The van der Waals surface area contributed by atoms with Crippen LogP contribution in [0.25, 0.3) is 21.3 Å². The molecule has 7 heteroatoms. The summed E-state index contributed by atoms with van der Waals surface area (Å²) in [6.07, 6.45) is 2.58. The van der Waals surface area contributed by atoms with Crippen molar-refractivity contribution in [2.75, 3.05) is 18.8 Å². The number of hydrogen-bond donors (Lipinski definition) is 1. The second-order valence-corrected chi connectivity index (χ2v) is 9.76. The molecule has 0 aliphatic carbocycles. The lowest BCUT2D eigenvalue weighted by Crippen LogP contribution is -2.38. The average molecular weight is 461 g/mol. The van der Waals surface area contributed by atoms with Crippen molar-refractivity contribution in [2.24, 2.45) is 0 Å². The van der Waals surface area contributed by atoms with Gasteiger partial charge in [-0.15, -0.1) is 11.3 Å². The van der Waals surface area contributed by atoms with E-state index in [0.717, 1.165) is 52.4 Å². The third kappa shape index (κ3) is 4.85. The van der Waals surface area contributed by atoms with Crippen molar-refractivity contribution >= 4 is 39.2 Å². The molecule has 1 N–H and O–H groups in total. The summed E-state index contributed by atoms with van der Waals surface area (Å²) in [5, 5.41) is 7.24. The van der Waals surface area contributed by atoms with Crippen LogP contribution in [0, 0.1) is 0 Å². The molecule has 1 fully saturated rings. The number of hydrogen-bond acceptors (Lipinski definition) is 6. The number of rotatable bonds is 7. The van der Waals surface area contributed by atoms with Gasteiger partial charge in [0, 0.05) is 36.6 Å². The molecule has 5 nitrogen and oxygen atoms in total. The minimum Gasteiger partial charge on any atom is -0.351 e. The summed E-state index contributed by atoms with van der Waals surface area (Å²) < 4.78 is 0. The van der Waals surface area contributed by atoms with Gasteiger partial charge in [0.2, 0.25) is 5.91 Å². The van der Waals surface area contributed by atoms with E-state index in [4.69, 9.17) is 0 Å². The van der Waals surface area contributed by atoms with Crippen LogP contribution in [0.1, 0.15) is 12.0 Å². The first-order valence-electron chi connectivity index (χ1n) is 10.7. The molecule has 2 aromatic carbocycles. The average Bonchev–Trinajstić information content (AvgIpc) is 3.46. The predicted octanol–water partition coefficient (Wildman–Crippen LogP) is 4.84. The zero-order chi connectivity index (χ0) is 21.8. The van der Waals surface area contributed by atoms with Gasteiger partial charge in [-0.1, -0.05) is 72.4 Å². The second kappa shape index (κ2) is 9.81. The molecule has 2 aromatic heterocycles. The monoisotopic (exact) mass is 460 g/mol. The van der Waals surface area contributed by atoms with Gasteiger partial charge in [0.1, 0.15) is 16.2 Å². The number of thioether (sulfide) groups is 1. The van der Waals surface area contributed by atoms with Crippen molar-refractivity contribution in [3.05, 3.63) is 77.9 Å². The molecule has 0 spiro atoms. The van der Waals surface area contributed by atoms with Gasteiger partial charge in [-0.3, -0.25) is 9.69 Å². The molecule has 1 aliphatic rings. The summed E-state index contributed by atoms with van der Waals surface area (Å²) in [4.78, 5) is 25.0. The van der Waals surface area contributed by atoms with Gasteiger partial charge in [-0.25, -0.2) is 9.97 Å². The molecule has 0 saturated carbocycles. The van der Waals surface area contributed by atoms with E-state index < -0.39 is 0 Å². The van der Waals surface area contributed by atoms with E-state index in [0.29, 0.717) is 5.75 Å². The Morgan fingerprint density at radius 2 is 1.88 bits per heavy atom. The van der Waals surface area contributed by atoms with E-state index in [9.17, 15) is 4.79 Å². The maximum Gasteiger partial charge on any atom is 0.230 e. The van der Waals surface area contributed by atoms with E-state index in [1.165, 1.54) is 17.3 Å². The number of nitrogens with one attached hydrogen (secondary N) is 1. The van der Waals surface area contributed by atoms with Crippen molar-refractivity contribution in [3.63, 3.8) is 0 Å². The molecule has 5 rings (SSSR count). The highest BCUT2D eigenvalue weighted by Gasteiger charge is 2.24. The Labute approximate surface area is 195 Å². The molecule has 1 saturated heterocycles. The summed E-state index contributed by atoms with van der Waals surface area (Å²) in [7, 11) is 0. The van der Waals surface area contributed by atoms with Crippen LogP contribution in [0.2, 0.25) is 0 Å². The van der Waals surface area contributed by atoms with Crippen LogP contribution in [0.3, 0.4) is 0 Å². The molecule has 162 valence electrons. The molecule has 0 bridgehead atoms. The van der Waals surface area contributed by atoms with Gasteiger partial charge in [0.25, 0.3) is 0 Å². The summed E-state index contributed by atoms with van der Waals surface area (Å²) in [6.45, 7) is 2.84. The van der Waals surface area contributed by atoms with Crippen LogP contribution >= 0.6 is 23.1 Å². The Balaban J connectivity index is 1.20. The molecular formula is C25H24N4OS2. The number of aromatic nitrogens is 2. The number of nitrogens with zero attached hydrogens (tertiary/aromatic N) is 3. The van der Waals surface area contributed by atoms with Crippen molar-refractivity contribution in [3.8, 4) is 11.1 Å². The Bertz CT molecular complexity index is 1200. The molecule has 32 heavy (non-hydrogen) atoms. The maximum atomic E-state index is 12.7. The number of thiophene rings is 1. The van der Waals surface area contributed by atoms with Crippen LogP contribution < -0.4 is 5.32 Å². The number of benzene rings is 2. The number of carbonyl (C=O) groups is 1. The fourth-order valence-electron chi connectivity index (χ4n) is 4.13. The van der Waals surface area contributed by atoms with Gasteiger partial charge < -0.3 is 5.32 Å². The highest BCUT2D eigenvalue weighted by Crippen LogP contribution is 2.37. The topological polar surface area (TPSA) is 58.1 Å². The minimum atomic E-state index is 0.0600. The lowest BCUT2D eigenvalue weighted by atomic mass is 10.1. The number of fused-ring (bicyclic) bond motifs is 1. The zero-order valence-electron chi connectivity index (χ0n) is 17.6. The third-order valence-electron chi connectivity index (χ3n) is 5.65. The lowest BCUT2D eigenvalue weighted by Gasteiger charge is -2.16. The Hall–Kier alpha value is -2.74. The van der Waals surface area contributed by atoms with Gasteiger partial charge in [-0.2, -0.15) is 0 Å². The number of likely N-dealkylation sites (tertiary alicyclic amines) is 1. The largest absolute Gasteiger partial charge is 0.351 e. The molecule has 1 atom stereocenters. The zero-order valence-corrected chi connectivity index (χ0v) is 19.2. The maximum absolute atomic E-state index is 12.7. The lowest BCUT2D eigenvalue weighted by molar-refractivity contribution is -0.119. The normalized spacial score (nSPS) is 16.4. The standard InChI is InChI=1S/C25H24N4OS2/c30-22(28-20-11-12-29(14-20)13-18-7-3-1-4-8-18)16-32-25-23-21(19-9-5-2-6-10-19)15-31-24(23)26-17-27-25/h1-10,15,17,20H,11-14,16H2,(H,28,30)/t20-/m0/s1. The molecule has 0 radical (unpaired) electrons. The first-order chi connectivity index (χ1) is 15.8. The van der Waals surface area contributed by atoms with Crippen LogP contribution in [-0.2, 0) is 11.3 Å². The van der Waals surface area contributed by atoms with E-state index in [-0.39, 0.29) is 11.9 Å². The van der Waals surface area contributed by atoms with Crippen LogP contribution in [-0.4, -0.2) is 45.7 Å². The summed E-state index contributed by atoms with van der Waals surface area (Å²) in [6, 6.07) is 21.0. The molecule has 1 aliphatic heterocycles. The summed E-state index contributed by atoms with van der Waals surface area (Å²) in [5.74, 6) is 0.413. The Morgan fingerprint density at radius 3 is 2.69 bits per heavy atom. The molecule has 0 unspecified atom stereocenters. The van der Waals surface area contributed by atoms with E-state index in [1.54, 1.807) is 17.7 Å². The van der Waals surface area contributed by atoms with Gasteiger partial charge in [0.05, 0.1) is 11.1 Å². The SMILES string of the molecule is O=C(CSc1ncnc2scc(-c3ccccc3)c12)N[C@H]1CCN(Cc2ccccc2)C1. The van der Waals surface area contributed by atoms with Crippen LogP contribution in [0.5, 0.6) is 0 Å². The smallest absolute Gasteiger partial charge is 0.230 e. The fourth-order valence-corrected chi connectivity index (χ4v) is 5.93. The van der Waals surface area contributed by atoms with Crippen LogP contribution in [0.15, 0.2) is 77.4 Å². The Kier molecular flexibility index (Phi) is 6.48. The quantitative estimate of drug-likeness (QED) is 0.316. The fraction of sp³-hybridized carbons (Fsp3) is 0.240. The van der Waals surface area contributed by atoms with Crippen LogP contribution in [0.4, 0.5) is 0 Å². The van der Waals surface area contributed by atoms with Crippen molar-refractivity contribution in [2.45, 2.75) is 24.0 Å². The highest BCUT2D eigenvalue weighted by atomic mass is 32.2. The molecule has 4 aromatic rings. The number of carbonyl (C=O) groups excluding carboxylic acids is 1. The first-order valence-corrected chi connectivity index (χ1v) is 12.6. The second-order valence-electron chi connectivity index (χ2n) is 7.94. The third-order valence-corrected chi connectivity index (χ3v) is 7.52. The minimum absolute atomic E-state index is 0.0600. The predicted molar refractivity (Wildman–Crippen MR) is 132 cm³/mol. The van der Waals surface area contributed by atoms with Crippen molar-refractivity contribution in [1.29, 1.82) is 0 Å². The van der Waals surface area contributed by atoms with Gasteiger partial charge in [0.15, 0.2) is 0 Å². The first kappa shape index (κ1) is 21.1. The van der Waals surface area contributed by atoms with Gasteiger partial charge >= 0.3 is 0 Å². The summed E-state index contributed by atoms with van der Waals surface area (Å²) >= 11 is 3.10.